The van der Waals surface area contributed by atoms with E-state index >= 15 is 0 Å². The molecule has 2 aliphatic heterocycles. The van der Waals surface area contributed by atoms with Crippen LogP contribution in [0, 0.1) is 11.8 Å². The summed E-state index contributed by atoms with van der Waals surface area (Å²) in [5.41, 5.74) is 1.30. The second-order valence-electron chi connectivity index (χ2n) is 8.77. The topological polar surface area (TPSA) is 84.3 Å². The van der Waals surface area contributed by atoms with Crippen molar-refractivity contribution in [3.8, 4) is 0 Å². The summed E-state index contributed by atoms with van der Waals surface area (Å²) >= 11 is 0. The summed E-state index contributed by atoms with van der Waals surface area (Å²) in [6.45, 7) is 6.61. The largest absolute Gasteiger partial charge is 0.346 e. The number of amides is 1. The fourth-order valence-corrected chi connectivity index (χ4v) is 6.24. The molecule has 2 atom stereocenters. The predicted octanol–water partition coefficient (Wildman–Crippen LogP) is 2.82. The Labute approximate surface area is 178 Å². The third kappa shape index (κ3) is 4.44. The number of hydrogen-bond acceptors (Lipinski definition) is 4. The molecule has 2 aliphatic rings. The number of fused-ring (bicyclic) bond motifs is 1. The lowest BCUT2D eigenvalue weighted by atomic mass is 9.94. The second kappa shape index (κ2) is 8.51. The standard InChI is InChI=1S/C22H30N4O3S/c1-16-11-17(2)14-26(13-16)30(28,29)20-8-6-18(7-9-20)22(27)23-12-19-15-25-10-4-3-5-21(25)24-19/h6-9,15-17H,3-5,10-14H2,1-2H3,(H,23,27). The molecule has 1 aromatic carbocycles. The van der Waals surface area contributed by atoms with Crippen LogP contribution in [0.15, 0.2) is 35.4 Å². The van der Waals surface area contributed by atoms with Crippen molar-refractivity contribution >= 4 is 15.9 Å². The van der Waals surface area contributed by atoms with Crippen LogP contribution in [0.3, 0.4) is 0 Å². The summed E-state index contributed by atoms with van der Waals surface area (Å²) in [6.07, 6.45) is 6.36. The molecule has 1 fully saturated rings. The van der Waals surface area contributed by atoms with E-state index < -0.39 is 10.0 Å². The highest BCUT2D eigenvalue weighted by Gasteiger charge is 2.31. The second-order valence-corrected chi connectivity index (χ2v) is 10.7. The summed E-state index contributed by atoms with van der Waals surface area (Å²) < 4.78 is 29.7. The van der Waals surface area contributed by atoms with Crippen LogP contribution in [-0.4, -0.2) is 41.3 Å². The Morgan fingerprint density at radius 3 is 2.50 bits per heavy atom. The molecular formula is C22H30N4O3S. The number of carbonyl (C=O) groups is 1. The predicted molar refractivity (Wildman–Crippen MR) is 114 cm³/mol. The van der Waals surface area contributed by atoms with Gasteiger partial charge in [0.15, 0.2) is 0 Å². The minimum Gasteiger partial charge on any atom is -0.346 e. The zero-order valence-corrected chi connectivity index (χ0v) is 18.5. The monoisotopic (exact) mass is 430 g/mol. The van der Waals surface area contributed by atoms with Gasteiger partial charge in [0.25, 0.3) is 5.91 Å². The van der Waals surface area contributed by atoms with Crippen LogP contribution in [0.4, 0.5) is 0 Å². The van der Waals surface area contributed by atoms with Crippen molar-refractivity contribution in [2.75, 3.05) is 13.1 Å². The SMILES string of the molecule is CC1CC(C)CN(S(=O)(=O)c2ccc(C(=O)NCc3cn4c(n3)CCCC4)cc2)C1. The first-order chi connectivity index (χ1) is 14.3. The zero-order chi connectivity index (χ0) is 21.3. The van der Waals surface area contributed by atoms with Crippen LogP contribution in [0.2, 0.25) is 0 Å². The van der Waals surface area contributed by atoms with Crippen LogP contribution in [-0.2, 0) is 29.5 Å². The molecule has 4 rings (SSSR count). The first kappa shape index (κ1) is 21.1. The van der Waals surface area contributed by atoms with Crippen molar-refractivity contribution in [2.45, 2.75) is 57.5 Å². The van der Waals surface area contributed by atoms with Gasteiger partial charge >= 0.3 is 0 Å². The van der Waals surface area contributed by atoms with Gasteiger partial charge in [-0.05, 0) is 55.4 Å². The van der Waals surface area contributed by atoms with E-state index in [4.69, 9.17) is 0 Å². The number of aryl methyl sites for hydroxylation is 2. The highest BCUT2D eigenvalue weighted by atomic mass is 32.2. The number of nitrogens with one attached hydrogen (secondary N) is 1. The maximum absolute atomic E-state index is 13.0. The van der Waals surface area contributed by atoms with Crippen molar-refractivity contribution in [1.29, 1.82) is 0 Å². The fraction of sp³-hybridized carbons (Fsp3) is 0.545. The van der Waals surface area contributed by atoms with Gasteiger partial charge in [0.05, 0.1) is 17.1 Å². The molecule has 3 heterocycles. The van der Waals surface area contributed by atoms with E-state index in [2.05, 4.69) is 28.7 Å². The lowest BCUT2D eigenvalue weighted by Gasteiger charge is -2.34. The van der Waals surface area contributed by atoms with Gasteiger partial charge in [-0.3, -0.25) is 4.79 Å². The van der Waals surface area contributed by atoms with E-state index in [9.17, 15) is 13.2 Å². The van der Waals surface area contributed by atoms with Gasteiger partial charge in [0, 0.05) is 37.8 Å². The van der Waals surface area contributed by atoms with Crippen molar-refractivity contribution in [1.82, 2.24) is 19.2 Å². The molecule has 1 N–H and O–H groups in total. The Kier molecular flexibility index (Phi) is 5.97. The maximum Gasteiger partial charge on any atom is 0.251 e. The number of nitrogens with zero attached hydrogens (tertiary/aromatic N) is 3. The van der Waals surface area contributed by atoms with Gasteiger partial charge < -0.3 is 9.88 Å². The third-order valence-electron chi connectivity index (χ3n) is 5.98. The van der Waals surface area contributed by atoms with Crippen LogP contribution in [0.25, 0.3) is 0 Å². The average molecular weight is 431 g/mol. The first-order valence-corrected chi connectivity index (χ1v) is 12.2. The summed E-state index contributed by atoms with van der Waals surface area (Å²) in [7, 11) is -3.54. The van der Waals surface area contributed by atoms with Crippen molar-refractivity contribution < 1.29 is 13.2 Å². The average Bonchev–Trinajstić information content (AvgIpc) is 3.14. The Morgan fingerprint density at radius 2 is 1.83 bits per heavy atom. The van der Waals surface area contributed by atoms with Crippen LogP contribution >= 0.6 is 0 Å². The molecule has 0 bridgehead atoms. The van der Waals surface area contributed by atoms with E-state index in [-0.39, 0.29) is 10.8 Å². The number of carbonyl (C=O) groups excluding carboxylic acids is 1. The Bertz CT molecular complexity index is 980. The van der Waals surface area contributed by atoms with Crippen LogP contribution < -0.4 is 5.32 Å². The summed E-state index contributed by atoms with van der Waals surface area (Å²) in [6, 6.07) is 6.22. The molecule has 7 nitrogen and oxygen atoms in total. The Morgan fingerprint density at radius 1 is 1.13 bits per heavy atom. The smallest absolute Gasteiger partial charge is 0.251 e. The van der Waals surface area contributed by atoms with E-state index in [1.807, 2.05) is 6.20 Å². The highest BCUT2D eigenvalue weighted by Crippen LogP contribution is 2.26. The Balaban J connectivity index is 1.40. The molecular weight excluding hydrogens is 400 g/mol. The van der Waals surface area contributed by atoms with Gasteiger partial charge in [-0.1, -0.05) is 13.8 Å². The van der Waals surface area contributed by atoms with Crippen molar-refractivity contribution in [2.24, 2.45) is 11.8 Å². The quantitative estimate of drug-likeness (QED) is 0.791. The molecule has 0 spiro atoms. The molecule has 1 aromatic heterocycles. The molecule has 0 saturated carbocycles. The molecule has 1 saturated heterocycles. The summed E-state index contributed by atoms with van der Waals surface area (Å²) in [5, 5.41) is 2.88. The molecule has 0 aliphatic carbocycles. The maximum atomic E-state index is 13.0. The van der Waals surface area contributed by atoms with Gasteiger partial charge in [0.2, 0.25) is 10.0 Å². The summed E-state index contributed by atoms with van der Waals surface area (Å²) in [4.78, 5) is 17.3. The number of rotatable bonds is 5. The molecule has 162 valence electrons. The van der Waals surface area contributed by atoms with Crippen LogP contribution in [0.5, 0.6) is 0 Å². The number of benzene rings is 1. The van der Waals surface area contributed by atoms with E-state index in [1.165, 1.54) is 18.6 Å². The molecule has 1 amide bonds. The number of sulfonamides is 1. The lowest BCUT2D eigenvalue weighted by Crippen LogP contribution is -2.42. The van der Waals surface area contributed by atoms with E-state index in [0.717, 1.165) is 37.3 Å². The molecule has 2 unspecified atom stereocenters. The number of aromatic nitrogens is 2. The van der Waals surface area contributed by atoms with E-state index in [1.54, 1.807) is 16.4 Å². The van der Waals surface area contributed by atoms with Gasteiger partial charge in [0.1, 0.15) is 5.82 Å². The van der Waals surface area contributed by atoms with Gasteiger partial charge in [-0.25, -0.2) is 13.4 Å². The van der Waals surface area contributed by atoms with Gasteiger partial charge in [-0.15, -0.1) is 0 Å². The Hall–Kier alpha value is -2.19. The van der Waals surface area contributed by atoms with Crippen molar-refractivity contribution in [3.05, 3.63) is 47.5 Å². The van der Waals surface area contributed by atoms with Crippen molar-refractivity contribution in [3.63, 3.8) is 0 Å². The zero-order valence-electron chi connectivity index (χ0n) is 17.7. The number of imidazole rings is 1. The minimum absolute atomic E-state index is 0.231. The molecule has 30 heavy (non-hydrogen) atoms. The minimum atomic E-state index is -3.54. The molecule has 8 heteroatoms. The summed E-state index contributed by atoms with van der Waals surface area (Å²) in [5.74, 6) is 1.55. The number of hydrogen-bond donors (Lipinski definition) is 1. The highest BCUT2D eigenvalue weighted by molar-refractivity contribution is 7.89. The number of piperidine rings is 1. The first-order valence-electron chi connectivity index (χ1n) is 10.8. The molecule has 0 radical (unpaired) electrons. The van der Waals surface area contributed by atoms with E-state index in [0.29, 0.717) is 37.0 Å². The van der Waals surface area contributed by atoms with Crippen LogP contribution in [0.1, 0.15) is 55.0 Å². The normalized spacial score (nSPS) is 22.5. The van der Waals surface area contributed by atoms with Gasteiger partial charge in [-0.2, -0.15) is 4.31 Å². The fourth-order valence-electron chi connectivity index (χ4n) is 4.56. The third-order valence-corrected chi connectivity index (χ3v) is 7.82. The lowest BCUT2D eigenvalue weighted by molar-refractivity contribution is 0.0950. The molecule has 2 aromatic rings.